The number of aliphatic hydroxyl groups excluding tert-OH is 4. The molecule has 6 unspecified atom stereocenters. The molecule has 0 amide bonds. The first-order valence-electron chi connectivity index (χ1n) is 22.7. The molecule has 1 fully saturated rings. The van der Waals surface area contributed by atoms with E-state index in [9.17, 15) is 25.2 Å². The van der Waals surface area contributed by atoms with Gasteiger partial charge in [0.1, 0.15) is 30.5 Å². The number of hydrogen-bond acceptors (Lipinski definition) is 9. The van der Waals surface area contributed by atoms with Gasteiger partial charge in [-0.1, -0.05) is 172 Å². The molecule has 0 bridgehead atoms. The third-order valence-electron chi connectivity index (χ3n) is 10.3. The van der Waals surface area contributed by atoms with Gasteiger partial charge in [-0.25, -0.2) is 0 Å². The third-order valence-corrected chi connectivity index (χ3v) is 10.3. The number of allylic oxidation sites excluding steroid dienone is 8. The predicted molar refractivity (Wildman–Crippen MR) is 228 cm³/mol. The molecule has 1 rings (SSSR count). The van der Waals surface area contributed by atoms with Crippen LogP contribution in [0.3, 0.4) is 0 Å². The van der Waals surface area contributed by atoms with Gasteiger partial charge in [-0.15, -0.1) is 0 Å². The lowest BCUT2D eigenvalue weighted by molar-refractivity contribution is -0.305. The van der Waals surface area contributed by atoms with E-state index in [-0.39, 0.29) is 19.2 Å². The van der Waals surface area contributed by atoms with Crippen LogP contribution in [0.1, 0.15) is 181 Å². The quantitative estimate of drug-likeness (QED) is 0.0274. The molecule has 0 saturated carbocycles. The van der Waals surface area contributed by atoms with Crippen LogP contribution in [0.2, 0.25) is 0 Å². The SMILES string of the molecule is CC/C=C\C/C=C\C/C=C\C/C=C\CCCCCCCCCCCCC(=O)OC(COCCCCCCCCCCCC)COC1OC(CO)C(O)C(O)C1O. The zero-order valence-electron chi connectivity index (χ0n) is 35.6. The Balaban J connectivity index is 2.20. The standard InChI is InChI=1S/C47H84O9/c1-3-5-7-9-11-13-15-16-17-18-19-20-21-22-23-24-25-26-27-28-30-32-34-36-43(49)55-41(39-53-37-35-33-31-29-14-12-10-8-6-4-2)40-54-47-46(52)45(51)44(50)42(38-48)56-47/h5,7,11,13,16-17,19-20,41-42,44-48,50-52H,3-4,6,8-10,12,14-15,18,21-40H2,1-2H3/b7-5-,13-11-,17-16-,20-19-. The van der Waals surface area contributed by atoms with Gasteiger partial charge < -0.3 is 39.4 Å². The first kappa shape index (κ1) is 52.2. The van der Waals surface area contributed by atoms with Crippen molar-refractivity contribution in [1.82, 2.24) is 0 Å². The van der Waals surface area contributed by atoms with E-state index in [1.165, 1.54) is 103 Å². The van der Waals surface area contributed by atoms with Crippen molar-refractivity contribution in [3.8, 4) is 0 Å². The van der Waals surface area contributed by atoms with Crippen molar-refractivity contribution in [3.63, 3.8) is 0 Å². The zero-order chi connectivity index (χ0) is 40.7. The van der Waals surface area contributed by atoms with Gasteiger partial charge in [0.05, 0.1) is 19.8 Å². The van der Waals surface area contributed by atoms with Crippen molar-refractivity contribution >= 4 is 5.97 Å². The summed E-state index contributed by atoms with van der Waals surface area (Å²) in [6, 6.07) is 0. The van der Waals surface area contributed by atoms with Gasteiger partial charge in [-0.3, -0.25) is 4.79 Å². The molecule has 0 radical (unpaired) electrons. The molecule has 6 atom stereocenters. The van der Waals surface area contributed by atoms with Gasteiger partial charge in [0.15, 0.2) is 6.29 Å². The van der Waals surface area contributed by atoms with E-state index in [2.05, 4.69) is 62.5 Å². The topological polar surface area (TPSA) is 135 Å². The summed E-state index contributed by atoms with van der Waals surface area (Å²) in [7, 11) is 0. The Kier molecular flexibility index (Phi) is 36.0. The number of esters is 1. The Morgan fingerprint density at radius 1 is 0.589 bits per heavy atom. The van der Waals surface area contributed by atoms with Crippen LogP contribution in [-0.2, 0) is 23.7 Å². The third kappa shape index (κ3) is 29.4. The van der Waals surface area contributed by atoms with Gasteiger partial charge in [-0.2, -0.15) is 0 Å². The molecular formula is C47H84O9. The Labute approximate surface area is 342 Å². The summed E-state index contributed by atoms with van der Waals surface area (Å²) in [5.74, 6) is -0.319. The molecule has 0 aromatic heterocycles. The fraction of sp³-hybridized carbons (Fsp3) is 0.809. The predicted octanol–water partition coefficient (Wildman–Crippen LogP) is 10.1. The first-order valence-corrected chi connectivity index (χ1v) is 22.7. The van der Waals surface area contributed by atoms with Crippen LogP contribution in [-0.4, -0.2) is 89.6 Å². The zero-order valence-corrected chi connectivity index (χ0v) is 35.6. The van der Waals surface area contributed by atoms with E-state index in [1.807, 2.05) is 0 Å². The highest BCUT2D eigenvalue weighted by atomic mass is 16.7. The summed E-state index contributed by atoms with van der Waals surface area (Å²) < 4.78 is 22.8. The van der Waals surface area contributed by atoms with Crippen molar-refractivity contribution in [1.29, 1.82) is 0 Å². The minimum Gasteiger partial charge on any atom is -0.457 e. The lowest BCUT2D eigenvalue weighted by Crippen LogP contribution is -2.59. The number of hydrogen-bond donors (Lipinski definition) is 4. The van der Waals surface area contributed by atoms with Crippen molar-refractivity contribution in [2.75, 3.05) is 26.4 Å². The fourth-order valence-corrected chi connectivity index (χ4v) is 6.72. The van der Waals surface area contributed by atoms with E-state index in [0.29, 0.717) is 13.0 Å². The number of unbranched alkanes of at least 4 members (excludes halogenated alkanes) is 19. The highest BCUT2D eigenvalue weighted by molar-refractivity contribution is 5.69. The largest absolute Gasteiger partial charge is 0.457 e. The number of ether oxygens (including phenoxy) is 4. The average molecular weight is 793 g/mol. The molecule has 1 heterocycles. The highest BCUT2D eigenvalue weighted by Crippen LogP contribution is 2.22. The molecule has 9 heteroatoms. The van der Waals surface area contributed by atoms with Crippen molar-refractivity contribution in [2.45, 2.75) is 218 Å². The van der Waals surface area contributed by atoms with Crippen LogP contribution >= 0.6 is 0 Å². The van der Waals surface area contributed by atoms with Crippen molar-refractivity contribution in [2.24, 2.45) is 0 Å². The maximum atomic E-state index is 12.8. The molecule has 0 aromatic carbocycles. The molecule has 1 saturated heterocycles. The summed E-state index contributed by atoms with van der Waals surface area (Å²) >= 11 is 0. The fourth-order valence-electron chi connectivity index (χ4n) is 6.72. The van der Waals surface area contributed by atoms with Gasteiger partial charge in [0, 0.05) is 13.0 Å². The smallest absolute Gasteiger partial charge is 0.306 e. The van der Waals surface area contributed by atoms with Crippen LogP contribution in [0.15, 0.2) is 48.6 Å². The van der Waals surface area contributed by atoms with Gasteiger partial charge in [0.25, 0.3) is 0 Å². The van der Waals surface area contributed by atoms with E-state index in [4.69, 9.17) is 18.9 Å². The molecule has 1 aliphatic heterocycles. The Morgan fingerprint density at radius 3 is 1.64 bits per heavy atom. The Hall–Kier alpha value is -1.85. The van der Waals surface area contributed by atoms with Crippen LogP contribution in [0.5, 0.6) is 0 Å². The minimum atomic E-state index is -1.54. The molecule has 9 nitrogen and oxygen atoms in total. The molecule has 1 aliphatic rings. The lowest BCUT2D eigenvalue weighted by atomic mass is 9.99. The molecule has 0 spiro atoms. The number of carbonyl (C=O) groups is 1. The second-order valence-electron chi connectivity index (χ2n) is 15.5. The number of aliphatic hydroxyl groups is 4. The number of carbonyl (C=O) groups excluding carboxylic acids is 1. The van der Waals surface area contributed by atoms with E-state index < -0.39 is 43.4 Å². The summed E-state index contributed by atoms with van der Waals surface area (Å²) in [6.07, 6.45) is 40.0. The van der Waals surface area contributed by atoms with Crippen LogP contribution < -0.4 is 0 Å². The summed E-state index contributed by atoms with van der Waals surface area (Å²) in [4.78, 5) is 12.8. The molecule has 326 valence electrons. The van der Waals surface area contributed by atoms with E-state index in [1.54, 1.807) is 0 Å². The monoisotopic (exact) mass is 793 g/mol. The molecule has 4 N–H and O–H groups in total. The summed E-state index contributed by atoms with van der Waals surface area (Å²) in [5, 5.41) is 40.1. The van der Waals surface area contributed by atoms with Crippen molar-refractivity contribution in [3.05, 3.63) is 48.6 Å². The van der Waals surface area contributed by atoms with Crippen LogP contribution in [0.4, 0.5) is 0 Å². The molecule has 0 aromatic rings. The maximum Gasteiger partial charge on any atom is 0.306 e. The molecule has 0 aliphatic carbocycles. The molecule has 56 heavy (non-hydrogen) atoms. The Morgan fingerprint density at radius 2 is 1.09 bits per heavy atom. The van der Waals surface area contributed by atoms with Crippen molar-refractivity contribution < 1.29 is 44.2 Å². The Bertz CT molecular complexity index is 994. The van der Waals surface area contributed by atoms with E-state index in [0.717, 1.165) is 57.8 Å². The first-order chi connectivity index (χ1) is 27.4. The summed E-state index contributed by atoms with van der Waals surface area (Å²) in [6.45, 7) is 4.44. The highest BCUT2D eigenvalue weighted by Gasteiger charge is 2.44. The number of rotatable bonds is 38. The van der Waals surface area contributed by atoms with Crippen LogP contribution in [0, 0.1) is 0 Å². The van der Waals surface area contributed by atoms with E-state index >= 15 is 0 Å². The minimum absolute atomic E-state index is 0.114. The van der Waals surface area contributed by atoms with Gasteiger partial charge in [-0.05, 0) is 51.4 Å². The lowest BCUT2D eigenvalue weighted by Gasteiger charge is -2.39. The maximum absolute atomic E-state index is 12.8. The molecular weight excluding hydrogens is 709 g/mol. The second kappa shape index (κ2) is 38.7. The average Bonchev–Trinajstić information content (AvgIpc) is 3.20. The summed E-state index contributed by atoms with van der Waals surface area (Å²) in [5.41, 5.74) is 0. The van der Waals surface area contributed by atoms with Crippen LogP contribution in [0.25, 0.3) is 0 Å². The second-order valence-corrected chi connectivity index (χ2v) is 15.5. The van der Waals surface area contributed by atoms with Gasteiger partial charge in [0.2, 0.25) is 0 Å². The normalized spacial score (nSPS) is 21.0. The van der Waals surface area contributed by atoms with Gasteiger partial charge >= 0.3 is 5.97 Å².